The predicted octanol–water partition coefficient (Wildman–Crippen LogP) is 8.32. The molecule has 6 aromatic rings. The maximum atomic E-state index is 12.4. The lowest BCUT2D eigenvalue weighted by Gasteiger charge is -2.11. The Hall–Kier alpha value is -7.60. The van der Waals surface area contributed by atoms with E-state index in [-0.39, 0.29) is 75.1 Å². The van der Waals surface area contributed by atoms with Crippen molar-refractivity contribution in [2.45, 2.75) is 0 Å². The van der Waals surface area contributed by atoms with Crippen LogP contribution in [0.2, 0.25) is 0 Å². The lowest BCUT2D eigenvalue weighted by Crippen LogP contribution is -2.18. The molecule has 0 aliphatic carbocycles. The van der Waals surface area contributed by atoms with Crippen LogP contribution >= 0.6 is 0 Å². The zero-order valence-electron chi connectivity index (χ0n) is 32.7. The van der Waals surface area contributed by atoms with Gasteiger partial charge in [0.05, 0.1) is 22.3 Å². The van der Waals surface area contributed by atoms with Crippen LogP contribution in [-0.4, -0.2) is 76.7 Å². The van der Waals surface area contributed by atoms with Crippen LogP contribution < -0.4 is 18.9 Å². The van der Waals surface area contributed by atoms with Gasteiger partial charge in [-0.2, -0.15) is 0 Å². The normalized spacial score (nSPS) is 10.1. The Balaban J connectivity index is 0.000000228. The van der Waals surface area contributed by atoms with E-state index in [9.17, 15) is 19.2 Å². The molecule has 12 heteroatoms. The van der Waals surface area contributed by atoms with Crippen LogP contribution in [0.4, 0.5) is 0 Å². The van der Waals surface area contributed by atoms with E-state index < -0.39 is 23.9 Å². The second kappa shape index (κ2) is 24.9. The van der Waals surface area contributed by atoms with Crippen molar-refractivity contribution in [3.05, 3.63) is 192 Å². The first-order valence-electron chi connectivity index (χ1n) is 19.1. The topological polar surface area (TPSA) is 142 Å². The Bertz CT molecular complexity index is 2040. The van der Waals surface area contributed by atoms with E-state index in [0.717, 1.165) is 0 Å². The third-order valence-corrected chi connectivity index (χ3v) is 8.01. The molecule has 0 bridgehead atoms. The summed E-state index contributed by atoms with van der Waals surface area (Å²) in [7, 11) is 0. The summed E-state index contributed by atoms with van der Waals surface area (Å²) in [6, 6.07) is 49.5. The highest BCUT2D eigenvalue weighted by Gasteiger charge is 2.19. The minimum absolute atomic E-state index is 0.0576. The molecule has 0 aliphatic heterocycles. The number of carbonyl (C=O) groups excluding carboxylic acids is 4. The number of esters is 4. The quantitative estimate of drug-likeness (QED) is 0.0416. The summed E-state index contributed by atoms with van der Waals surface area (Å²) >= 11 is 0. The summed E-state index contributed by atoms with van der Waals surface area (Å²) in [6.45, 7) is 1.19. The second-order valence-corrected chi connectivity index (χ2v) is 12.3. The van der Waals surface area contributed by atoms with E-state index >= 15 is 0 Å². The highest BCUT2D eigenvalue weighted by Crippen LogP contribution is 2.15. The van der Waals surface area contributed by atoms with Crippen LogP contribution in [0.1, 0.15) is 41.4 Å². The molecular weight excluding hydrogens is 769 g/mol. The van der Waals surface area contributed by atoms with Gasteiger partial charge < -0.3 is 37.9 Å². The van der Waals surface area contributed by atoms with E-state index in [1.165, 1.54) is 18.2 Å². The minimum Gasteiger partial charge on any atom is -0.490 e. The van der Waals surface area contributed by atoms with Crippen molar-refractivity contribution in [1.29, 1.82) is 0 Å². The Morgan fingerprint density at radius 1 is 0.283 bits per heavy atom. The lowest BCUT2D eigenvalue weighted by atomic mass is 10.1. The first kappa shape index (κ1) is 43.5. The molecule has 0 aromatic heterocycles. The summed E-state index contributed by atoms with van der Waals surface area (Å²) in [5, 5.41) is 0. The van der Waals surface area contributed by atoms with Crippen LogP contribution in [-0.2, 0) is 18.9 Å². The number of ether oxygens (including phenoxy) is 8. The van der Waals surface area contributed by atoms with Gasteiger partial charge in [0.1, 0.15) is 75.9 Å². The van der Waals surface area contributed by atoms with Gasteiger partial charge in [0, 0.05) is 0 Å². The average molecular weight is 813 g/mol. The largest absolute Gasteiger partial charge is 0.490 e. The zero-order chi connectivity index (χ0) is 42.0. The molecule has 0 fully saturated rings. The molecule has 0 N–H and O–H groups in total. The molecule has 0 heterocycles. The molecule has 6 aromatic carbocycles. The Morgan fingerprint density at radius 2 is 0.550 bits per heavy atom. The summed E-state index contributed by atoms with van der Waals surface area (Å²) in [4.78, 5) is 49.2. The first-order valence-corrected chi connectivity index (χ1v) is 19.1. The Labute approximate surface area is 348 Å². The van der Waals surface area contributed by atoms with E-state index in [1.807, 2.05) is 121 Å². The summed E-state index contributed by atoms with van der Waals surface area (Å²) in [5.41, 5.74) is 0.826. The van der Waals surface area contributed by atoms with Gasteiger partial charge in [0.15, 0.2) is 0 Å². The van der Waals surface area contributed by atoms with Crippen molar-refractivity contribution in [1.82, 2.24) is 0 Å². The van der Waals surface area contributed by atoms with E-state index in [2.05, 4.69) is 0 Å². The minimum atomic E-state index is -0.611. The van der Waals surface area contributed by atoms with Crippen molar-refractivity contribution in [2.24, 2.45) is 0 Å². The number of carbonyl (C=O) groups is 4. The summed E-state index contributed by atoms with van der Waals surface area (Å²) in [5.74, 6) is 0.497. The van der Waals surface area contributed by atoms with Gasteiger partial charge >= 0.3 is 23.9 Å². The van der Waals surface area contributed by atoms with Gasteiger partial charge in [-0.1, -0.05) is 91.0 Å². The molecule has 0 saturated carbocycles. The van der Waals surface area contributed by atoms with Crippen LogP contribution in [0.5, 0.6) is 23.0 Å². The number of hydrogen-bond acceptors (Lipinski definition) is 12. The third-order valence-electron chi connectivity index (χ3n) is 8.01. The van der Waals surface area contributed by atoms with E-state index in [4.69, 9.17) is 37.9 Å². The van der Waals surface area contributed by atoms with Crippen LogP contribution in [0.25, 0.3) is 0 Å². The van der Waals surface area contributed by atoms with E-state index in [1.54, 1.807) is 30.3 Å². The molecule has 308 valence electrons. The van der Waals surface area contributed by atoms with Gasteiger partial charge in [0.2, 0.25) is 0 Å². The summed E-state index contributed by atoms with van der Waals surface area (Å²) < 4.78 is 42.8. The number of hydrogen-bond donors (Lipinski definition) is 0. The smallest absolute Gasteiger partial charge is 0.339 e. The first-order chi connectivity index (χ1) is 29.5. The van der Waals surface area contributed by atoms with Crippen molar-refractivity contribution < 1.29 is 57.1 Å². The zero-order valence-corrected chi connectivity index (χ0v) is 32.7. The SMILES string of the molecule is O=C(OCCOc1ccccc1)c1cccc(C(=O)OCCOc2ccccc2)c1.O=C(OCCOc1ccccc1)c1ccccc1C(=O)OCCOc1ccccc1. The third kappa shape index (κ3) is 15.4. The molecule has 6 rings (SSSR count). The summed E-state index contributed by atoms with van der Waals surface area (Å²) in [6.07, 6.45) is 0. The van der Waals surface area contributed by atoms with Crippen LogP contribution in [0.3, 0.4) is 0 Å². The maximum Gasteiger partial charge on any atom is 0.339 e. The molecule has 0 aliphatic rings. The average Bonchev–Trinajstić information content (AvgIpc) is 3.31. The predicted molar refractivity (Wildman–Crippen MR) is 222 cm³/mol. The fourth-order valence-corrected chi connectivity index (χ4v) is 5.18. The number of rotatable bonds is 20. The van der Waals surface area contributed by atoms with Crippen molar-refractivity contribution in [3.63, 3.8) is 0 Å². The fourth-order valence-electron chi connectivity index (χ4n) is 5.18. The lowest BCUT2D eigenvalue weighted by molar-refractivity contribution is 0.0405. The Morgan fingerprint density at radius 3 is 0.850 bits per heavy atom. The van der Waals surface area contributed by atoms with Gasteiger partial charge in [-0.05, 0) is 78.9 Å². The highest BCUT2D eigenvalue weighted by atomic mass is 16.6. The molecule has 60 heavy (non-hydrogen) atoms. The highest BCUT2D eigenvalue weighted by molar-refractivity contribution is 6.03. The standard InChI is InChI=1S/2C24H22O6/c25-23(29-16-14-27-21-10-3-1-4-11-21)19-8-7-9-20(18-19)24(26)30-17-15-28-22-12-5-2-6-13-22;25-23(29-17-15-27-19-9-3-1-4-10-19)21-13-7-8-14-22(21)24(26)30-18-16-28-20-11-5-2-6-12-20/h1-13,18H,14-17H2;1-14H,15-18H2. The van der Waals surface area contributed by atoms with Gasteiger partial charge in [-0.25, -0.2) is 19.2 Å². The maximum absolute atomic E-state index is 12.4. The van der Waals surface area contributed by atoms with Crippen molar-refractivity contribution in [3.8, 4) is 23.0 Å². The van der Waals surface area contributed by atoms with Crippen LogP contribution in [0, 0.1) is 0 Å². The monoisotopic (exact) mass is 812 g/mol. The van der Waals surface area contributed by atoms with Gasteiger partial charge in [0.25, 0.3) is 0 Å². The molecule has 0 amide bonds. The molecule has 0 atom stereocenters. The Kier molecular flexibility index (Phi) is 18.1. The van der Waals surface area contributed by atoms with Gasteiger partial charge in [-0.15, -0.1) is 0 Å². The molecular formula is C48H44O12. The van der Waals surface area contributed by atoms with Crippen molar-refractivity contribution >= 4 is 23.9 Å². The molecule has 0 saturated heterocycles. The fraction of sp³-hybridized carbons (Fsp3) is 0.167. The van der Waals surface area contributed by atoms with E-state index in [0.29, 0.717) is 23.0 Å². The number of benzene rings is 6. The second-order valence-electron chi connectivity index (χ2n) is 12.3. The van der Waals surface area contributed by atoms with Crippen molar-refractivity contribution in [2.75, 3.05) is 52.9 Å². The molecule has 12 nitrogen and oxygen atoms in total. The molecule has 0 radical (unpaired) electrons. The van der Waals surface area contributed by atoms with Gasteiger partial charge in [-0.3, -0.25) is 0 Å². The molecule has 0 spiro atoms. The number of para-hydroxylation sites is 4. The molecule has 0 unspecified atom stereocenters. The van der Waals surface area contributed by atoms with Crippen LogP contribution in [0.15, 0.2) is 170 Å².